The van der Waals surface area contributed by atoms with Gasteiger partial charge in [-0.1, -0.05) is 0 Å². The van der Waals surface area contributed by atoms with Crippen LogP contribution in [0.2, 0.25) is 0 Å². The van der Waals surface area contributed by atoms with E-state index in [0.717, 1.165) is 31.6 Å². The third-order valence-corrected chi connectivity index (χ3v) is 8.33. The lowest BCUT2D eigenvalue weighted by molar-refractivity contribution is -0.141. The molecule has 1 saturated heterocycles. The van der Waals surface area contributed by atoms with E-state index in [1.54, 1.807) is 39.8 Å². The molecule has 0 radical (unpaired) electrons. The lowest BCUT2D eigenvalue weighted by Crippen LogP contribution is -2.51. The van der Waals surface area contributed by atoms with Gasteiger partial charge in [0.2, 0.25) is 11.8 Å². The fourth-order valence-corrected chi connectivity index (χ4v) is 5.93. The smallest absolute Gasteiger partial charge is 0.262 e. The highest BCUT2D eigenvalue weighted by molar-refractivity contribution is 5.79. The van der Waals surface area contributed by atoms with E-state index in [1.807, 2.05) is 18.0 Å². The molecule has 3 aromatic heterocycles. The number of nitrogens with zero attached hydrogens (tertiary/aromatic N) is 6. The number of benzene rings is 1. The summed E-state index contributed by atoms with van der Waals surface area (Å²) >= 11 is 0. The second kappa shape index (κ2) is 10.5. The lowest BCUT2D eigenvalue weighted by atomic mass is 9.85. The number of halogens is 1. The highest BCUT2D eigenvalue weighted by Gasteiger charge is 2.37. The highest BCUT2D eigenvalue weighted by Crippen LogP contribution is 2.31. The maximum Gasteiger partial charge on any atom is 0.262 e. The van der Waals surface area contributed by atoms with Crippen LogP contribution in [0, 0.1) is 11.7 Å². The molecule has 11 heteroatoms. The summed E-state index contributed by atoms with van der Waals surface area (Å²) in [4.78, 5) is 32.8. The number of fused-ring (bicyclic) bond motifs is 1. The molecule has 10 nitrogen and oxygen atoms in total. The van der Waals surface area contributed by atoms with E-state index in [-0.39, 0.29) is 35.9 Å². The summed E-state index contributed by atoms with van der Waals surface area (Å²) in [5, 5.41) is 15.9. The first-order valence-corrected chi connectivity index (χ1v) is 13.8. The number of aliphatic hydroxyl groups is 1. The van der Waals surface area contributed by atoms with Crippen LogP contribution in [0.15, 0.2) is 59.9 Å². The van der Waals surface area contributed by atoms with Crippen LogP contribution >= 0.6 is 0 Å². The summed E-state index contributed by atoms with van der Waals surface area (Å²) in [7, 11) is 1.85. The molecule has 1 N–H and O–H groups in total. The second-order valence-electron chi connectivity index (χ2n) is 11.0. The zero-order valence-corrected chi connectivity index (χ0v) is 22.4. The minimum Gasteiger partial charge on any atom is -0.475 e. The molecule has 2 fully saturated rings. The monoisotopic (exact) mass is 548 g/mol. The number of hydrogen-bond donors (Lipinski definition) is 1. The molecular formula is C29H33FN6O4. The first kappa shape index (κ1) is 26.2. The molecule has 1 amide bonds. The Hall–Kier alpha value is -3.99. The number of likely N-dealkylation sites (tertiary alicyclic amines) is 1. The van der Waals surface area contributed by atoms with Crippen molar-refractivity contribution in [3.8, 4) is 11.6 Å². The fraction of sp³-hybridized carbons (Fsp3) is 0.448. The molecule has 0 atom stereocenters. The molecule has 210 valence electrons. The summed E-state index contributed by atoms with van der Waals surface area (Å²) in [6.45, 7) is 1.01. The first-order valence-electron chi connectivity index (χ1n) is 13.8. The topological polar surface area (TPSA) is 107 Å². The number of piperidine rings is 1. The molecule has 4 aromatic rings. The van der Waals surface area contributed by atoms with Gasteiger partial charge in [0.1, 0.15) is 18.2 Å². The third kappa shape index (κ3) is 5.13. The van der Waals surface area contributed by atoms with E-state index in [1.165, 1.54) is 23.0 Å². The van der Waals surface area contributed by atoms with Crippen molar-refractivity contribution in [1.29, 1.82) is 0 Å². The van der Waals surface area contributed by atoms with Gasteiger partial charge in [0.25, 0.3) is 5.56 Å². The van der Waals surface area contributed by atoms with Crippen molar-refractivity contribution in [2.75, 3.05) is 13.1 Å². The lowest BCUT2D eigenvalue weighted by Gasteiger charge is -2.40. The van der Waals surface area contributed by atoms with Crippen molar-refractivity contribution in [3.05, 3.63) is 71.3 Å². The number of ether oxygens (including phenoxy) is 1. The van der Waals surface area contributed by atoms with E-state index < -0.39 is 5.60 Å². The van der Waals surface area contributed by atoms with Crippen molar-refractivity contribution < 1.29 is 19.0 Å². The van der Waals surface area contributed by atoms with Gasteiger partial charge in [0.15, 0.2) is 5.65 Å². The molecule has 0 spiro atoms. The fourth-order valence-electron chi connectivity index (χ4n) is 5.93. The van der Waals surface area contributed by atoms with Gasteiger partial charge < -0.3 is 19.3 Å². The summed E-state index contributed by atoms with van der Waals surface area (Å²) in [5.74, 6) is 0.514. The van der Waals surface area contributed by atoms with Crippen LogP contribution in [-0.4, -0.2) is 64.6 Å². The Morgan fingerprint density at radius 2 is 1.82 bits per heavy atom. The van der Waals surface area contributed by atoms with E-state index in [2.05, 4.69) is 10.1 Å². The molecular weight excluding hydrogens is 515 g/mol. The summed E-state index contributed by atoms with van der Waals surface area (Å²) in [6, 6.07) is 9.50. The zero-order chi connectivity index (χ0) is 27.9. The number of aromatic nitrogens is 5. The standard InChI is InChI=1S/C29H33FN6O4/c1-33-25(10-14-32-33)40-23-8-2-20(3-9-23)27(37)34-16-12-29(39,13-17-34)18-35-19-31-26-24(28(35)38)11-15-36(26)22-6-4-21(30)5-7-22/h4-7,10-11,14-15,19-20,23,39H,2-3,8-9,12-13,16-18H2,1H3. The Kier molecular flexibility index (Phi) is 6.91. The van der Waals surface area contributed by atoms with Gasteiger partial charge in [-0.3, -0.25) is 14.2 Å². The number of amides is 1. The molecule has 1 aliphatic carbocycles. The largest absolute Gasteiger partial charge is 0.475 e. The molecule has 1 aliphatic heterocycles. The van der Waals surface area contributed by atoms with Crippen LogP contribution in [0.1, 0.15) is 38.5 Å². The van der Waals surface area contributed by atoms with Crippen LogP contribution in [0.25, 0.3) is 16.7 Å². The molecule has 40 heavy (non-hydrogen) atoms. The van der Waals surface area contributed by atoms with Gasteiger partial charge in [-0.05, 0) is 68.9 Å². The number of carbonyl (C=O) groups excluding carboxylic acids is 1. The summed E-state index contributed by atoms with van der Waals surface area (Å²) in [6.07, 6.45) is 8.95. The Labute approximate surface area is 230 Å². The molecule has 4 heterocycles. The van der Waals surface area contributed by atoms with Crippen LogP contribution in [0.4, 0.5) is 4.39 Å². The molecule has 0 bridgehead atoms. The van der Waals surface area contributed by atoms with Crippen LogP contribution in [-0.2, 0) is 18.4 Å². The van der Waals surface area contributed by atoms with E-state index in [9.17, 15) is 19.1 Å². The van der Waals surface area contributed by atoms with Gasteiger partial charge in [-0.15, -0.1) is 0 Å². The summed E-state index contributed by atoms with van der Waals surface area (Å²) in [5.41, 5.74) is -0.181. The van der Waals surface area contributed by atoms with E-state index in [0.29, 0.717) is 42.7 Å². The number of hydrogen-bond acceptors (Lipinski definition) is 6. The Balaban J connectivity index is 1.05. The van der Waals surface area contributed by atoms with E-state index in [4.69, 9.17) is 4.74 Å². The Morgan fingerprint density at radius 3 is 2.50 bits per heavy atom. The maximum atomic E-state index is 13.3. The number of rotatable bonds is 6. The Bertz CT molecular complexity index is 1560. The molecule has 6 rings (SSSR count). The molecule has 1 aromatic carbocycles. The zero-order valence-electron chi connectivity index (χ0n) is 22.4. The van der Waals surface area contributed by atoms with E-state index >= 15 is 0 Å². The van der Waals surface area contributed by atoms with Crippen molar-refractivity contribution in [3.63, 3.8) is 0 Å². The predicted molar refractivity (Wildman–Crippen MR) is 146 cm³/mol. The number of aryl methyl sites for hydroxylation is 1. The maximum absolute atomic E-state index is 13.3. The highest BCUT2D eigenvalue weighted by atomic mass is 19.1. The SMILES string of the molecule is Cn1nccc1OC1CCC(C(=O)N2CCC(O)(Cn3cnc4c(ccn4-c4ccc(F)cc4)c3=O)CC2)CC1. The molecule has 1 saturated carbocycles. The first-order chi connectivity index (χ1) is 19.3. The van der Waals surface area contributed by atoms with Gasteiger partial charge in [-0.2, -0.15) is 5.10 Å². The van der Waals surface area contributed by atoms with Crippen LogP contribution in [0.5, 0.6) is 5.88 Å². The predicted octanol–water partition coefficient (Wildman–Crippen LogP) is 3.05. The van der Waals surface area contributed by atoms with Gasteiger partial charge >= 0.3 is 0 Å². The Morgan fingerprint density at radius 1 is 1.10 bits per heavy atom. The quantitative estimate of drug-likeness (QED) is 0.397. The summed E-state index contributed by atoms with van der Waals surface area (Å²) < 4.78 is 24.3. The normalized spacial score (nSPS) is 21.0. The molecule has 2 aliphatic rings. The average Bonchev–Trinajstić information content (AvgIpc) is 3.57. The number of carbonyl (C=O) groups is 1. The van der Waals surface area contributed by atoms with Crippen molar-refractivity contribution in [1.82, 2.24) is 28.8 Å². The third-order valence-electron chi connectivity index (χ3n) is 8.33. The minimum atomic E-state index is -1.11. The molecule has 0 unspecified atom stereocenters. The van der Waals surface area contributed by atoms with Gasteiger partial charge in [0.05, 0.1) is 23.7 Å². The minimum absolute atomic E-state index is 0.0306. The van der Waals surface area contributed by atoms with Crippen molar-refractivity contribution in [2.45, 2.75) is 56.8 Å². The van der Waals surface area contributed by atoms with Crippen molar-refractivity contribution >= 4 is 16.9 Å². The van der Waals surface area contributed by atoms with Gasteiger partial charge in [-0.25, -0.2) is 14.1 Å². The van der Waals surface area contributed by atoms with Crippen LogP contribution < -0.4 is 10.3 Å². The average molecular weight is 549 g/mol. The van der Waals surface area contributed by atoms with Crippen LogP contribution in [0.3, 0.4) is 0 Å². The van der Waals surface area contributed by atoms with Gasteiger partial charge in [0, 0.05) is 44.0 Å². The second-order valence-corrected chi connectivity index (χ2v) is 11.0. The van der Waals surface area contributed by atoms with Crippen molar-refractivity contribution in [2.24, 2.45) is 13.0 Å².